The summed E-state index contributed by atoms with van der Waals surface area (Å²) in [6, 6.07) is 20.7. The second-order valence-corrected chi connectivity index (χ2v) is 8.39. The number of nitrogens with zero attached hydrogens (tertiary/aromatic N) is 3. The van der Waals surface area contributed by atoms with Gasteiger partial charge in [0.2, 0.25) is 5.88 Å². The van der Waals surface area contributed by atoms with E-state index in [1.54, 1.807) is 29.2 Å². The smallest absolute Gasteiger partial charge is 0.410 e. The van der Waals surface area contributed by atoms with Gasteiger partial charge in [0.25, 0.3) is 0 Å². The standard InChI is InChI=1S/C27H30N4O4/c1-20-8-6-7-11-23(20)25(22-12-13-24(34-2)28-18-22)29-26(32)30-14-16-31(17-15-30)27(33)35-19-21-9-4-3-5-10-21/h3-13,18,25H,14-17,19H2,1-2H3,(H,29,32). The number of pyridine rings is 1. The number of aromatic nitrogens is 1. The molecule has 0 spiro atoms. The molecule has 8 heteroatoms. The minimum absolute atomic E-state index is 0.189. The molecule has 3 aromatic rings. The second-order valence-electron chi connectivity index (χ2n) is 8.39. The first-order valence-corrected chi connectivity index (χ1v) is 11.6. The Morgan fingerprint density at radius 2 is 1.63 bits per heavy atom. The number of carbonyl (C=O) groups is 2. The fourth-order valence-corrected chi connectivity index (χ4v) is 4.05. The first kappa shape index (κ1) is 24.1. The molecule has 35 heavy (non-hydrogen) atoms. The lowest BCUT2D eigenvalue weighted by molar-refractivity contribution is 0.0766. The molecular formula is C27H30N4O4. The van der Waals surface area contributed by atoms with Crippen molar-refractivity contribution in [2.75, 3.05) is 33.3 Å². The summed E-state index contributed by atoms with van der Waals surface area (Å²) >= 11 is 0. The quantitative estimate of drug-likeness (QED) is 0.580. The van der Waals surface area contributed by atoms with Gasteiger partial charge in [0, 0.05) is 38.4 Å². The minimum atomic E-state index is -0.365. The van der Waals surface area contributed by atoms with E-state index >= 15 is 0 Å². The zero-order chi connectivity index (χ0) is 24.6. The van der Waals surface area contributed by atoms with Crippen molar-refractivity contribution in [3.8, 4) is 5.88 Å². The highest BCUT2D eigenvalue weighted by molar-refractivity contribution is 5.76. The zero-order valence-corrected chi connectivity index (χ0v) is 20.0. The van der Waals surface area contributed by atoms with Crippen molar-refractivity contribution in [1.29, 1.82) is 0 Å². The van der Waals surface area contributed by atoms with Crippen molar-refractivity contribution in [3.05, 3.63) is 95.2 Å². The topological polar surface area (TPSA) is 84.0 Å². The van der Waals surface area contributed by atoms with E-state index in [4.69, 9.17) is 9.47 Å². The number of ether oxygens (including phenoxy) is 2. The molecule has 0 saturated carbocycles. The summed E-state index contributed by atoms with van der Waals surface area (Å²) in [6.07, 6.45) is 1.35. The maximum atomic E-state index is 13.2. The van der Waals surface area contributed by atoms with Gasteiger partial charge in [-0.2, -0.15) is 0 Å². The zero-order valence-electron chi connectivity index (χ0n) is 20.0. The Hall–Kier alpha value is -4.07. The average Bonchev–Trinajstić information content (AvgIpc) is 2.91. The summed E-state index contributed by atoms with van der Waals surface area (Å²) in [6.45, 7) is 3.93. The summed E-state index contributed by atoms with van der Waals surface area (Å²) in [7, 11) is 1.57. The maximum absolute atomic E-state index is 13.2. The van der Waals surface area contributed by atoms with Crippen LogP contribution in [0.25, 0.3) is 0 Å². The molecule has 1 saturated heterocycles. The third-order valence-corrected chi connectivity index (χ3v) is 6.10. The van der Waals surface area contributed by atoms with Gasteiger partial charge in [0.1, 0.15) is 6.61 Å². The molecule has 0 radical (unpaired) electrons. The van der Waals surface area contributed by atoms with Crippen molar-refractivity contribution in [2.24, 2.45) is 0 Å². The van der Waals surface area contributed by atoms with Gasteiger partial charge in [-0.3, -0.25) is 0 Å². The molecule has 1 aliphatic rings. The molecule has 182 valence electrons. The Balaban J connectivity index is 1.38. The first-order chi connectivity index (χ1) is 17.0. The molecule has 0 bridgehead atoms. The van der Waals surface area contributed by atoms with Crippen molar-refractivity contribution in [2.45, 2.75) is 19.6 Å². The molecule has 2 heterocycles. The van der Waals surface area contributed by atoms with E-state index in [9.17, 15) is 9.59 Å². The summed E-state index contributed by atoms with van der Waals surface area (Å²) in [5, 5.41) is 3.16. The van der Waals surface area contributed by atoms with E-state index in [0.29, 0.717) is 32.1 Å². The monoisotopic (exact) mass is 474 g/mol. The molecule has 1 unspecified atom stereocenters. The van der Waals surface area contributed by atoms with Crippen LogP contribution in [0.4, 0.5) is 9.59 Å². The third-order valence-electron chi connectivity index (χ3n) is 6.10. The van der Waals surface area contributed by atoms with Crippen LogP contribution in [0, 0.1) is 6.92 Å². The summed E-state index contributed by atoms with van der Waals surface area (Å²) < 4.78 is 10.6. The first-order valence-electron chi connectivity index (χ1n) is 11.6. The SMILES string of the molecule is COc1ccc(C(NC(=O)N2CCN(C(=O)OCc3ccccc3)CC2)c2ccccc2C)cn1. The second kappa shape index (κ2) is 11.4. The molecule has 1 atom stereocenters. The van der Waals surface area contributed by atoms with Crippen molar-refractivity contribution in [1.82, 2.24) is 20.1 Å². The molecule has 0 aliphatic carbocycles. The number of rotatable bonds is 6. The number of hydrogen-bond donors (Lipinski definition) is 1. The van der Waals surface area contributed by atoms with Gasteiger partial charge in [-0.15, -0.1) is 0 Å². The van der Waals surface area contributed by atoms with E-state index in [0.717, 1.165) is 22.3 Å². The van der Waals surface area contributed by atoms with Gasteiger partial charge in [-0.1, -0.05) is 54.6 Å². The lowest BCUT2D eigenvalue weighted by atomic mass is 9.96. The van der Waals surface area contributed by atoms with Gasteiger partial charge in [0.15, 0.2) is 0 Å². The van der Waals surface area contributed by atoms with Gasteiger partial charge in [-0.25, -0.2) is 14.6 Å². The molecule has 1 aliphatic heterocycles. The van der Waals surface area contributed by atoms with E-state index < -0.39 is 0 Å². The lowest BCUT2D eigenvalue weighted by Crippen LogP contribution is -2.53. The van der Waals surface area contributed by atoms with Crippen molar-refractivity contribution < 1.29 is 19.1 Å². The molecular weight excluding hydrogens is 444 g/mol. The largest absolute Gasteiger partial charge is 0.481 e. The van der Waals surface area contributed by atoms with E-state index in [2.05, 4.69) is 10.3 Å². The highest BCUT2D eigenvalue weighted by Crippen LogP contribution is 2.26. The Kier molecular flexibility index (Phi) is 7.82. The number of aryl methyl sites for hydroxylation is 1. The van der Waals surface area contributed by atoms with Gasteiger partial charge >= 0.3 is 12.1 Å². The lowest BCUT2D eigenvalue weighted by Gasteiger charge is -2.35. The number of nitrogens with one attached hydrogen (secondary N) is 1. The molecule has 1 aromatic heterocycles. The minimum Gasteiger partial charge on any atom is -0.481 e. The molecule has 1 N–H and O–H groups in total. The van der Waals surface area contributed by atoms with Crippen LogP contribution in [0.2, 0.25) is 0 Å². The predicted octanol–water partition coefficient (Wildman–Crippen LogP) is 4.15. The third kappa shape index (κ3) is 6.09. The van der Waals surface area contributed by atoms with E-state index in [-0.39, 0.29) is 24.8 Å². The molecule has 3 amide bonds. The van der Waals surface area contributed by atoms with Crippen LogP contribution >= 0.6 is 0 Å². The molecule has 8 nitrogen and oxygen atoms in total. The van der Waals surface area contributed by atoms with E-state index in [1.165, 1.54) is 0 Å². The maximum Gasteiger partial charge on any atom is 0.410 e. The Labute approximate surface area is 205 Å². The van der Waals surface area contributed by atoms with E-state index in [1.807, 2.05) is 67.6 Å². The average molecular weight is 475 g/mol. The Morgan fingerprint density at radius 1 is 0.943 bits per heavy atom. The Bertz CT molecular complexity index is 1130. The van der Waals surface area contributed by atoms with Crippen LogP contribution < -0.4 is 10.1 Å². The number of hydrogen-bond acceptors (Lipinski definition) is 5. The summed E-state index contributed by atoms with van der Waals surface area (Å²) in [5.41, 5.74) is 3.86. The number of amides is 3. The molecule has 2 aromatic carbocycles. The van der Waals surface area contributed by atoms with Crippen LogP contribution in [-0.4, -0.2) is 60.2 Å². The highest BCUT2D eigenvalue weighted by atomic mass is 16.6. The van der Waals surface area contributed by atoms with Crippen molar-refractivity contribution in [3.63, 3.8) is 0 Å². The predicted molar refractivity (Wildman–Crippen MR) is 132 cm³/mol. The number of urea groups is 1. The summed E-state index contributed by atoms with van der Waals surface area (Å²) in [5.74, 6) is 0.513. The number of piperazine rings is 1. The normalized spacial score (nSPS) is 14.2. The summed E-state index contributed by atoms with van der Waals surface area (Å²) in [4.78, 5) is 33.3. The van der Waals surface area contributed by atoms with Gasteiger partial charge in [-0.05, 0) is 35.2 Å². The van der Waals surface area contributed by atoms with Gasteiger partial charge in [0.05, 0.1) is 13.2 Å². The Morgan fingerprint density at radius 3 is 2.29 bits per heavy atom. The van der Waals surface area contributed by atoms with Crippen LogP contribution in [-0.2, 0) is 11.3 Å². The van der Waals surface area contributed by atoms with Crippen LogP contribution in [0.3, 0.4) is 0 Å². The van der Waals surface area contributed by atoms with Gasteiger partial charge < -0.3 is 24.6 Å². The fourth-order valence-electron chi connectivity index (χ4n) is 4.05. The number of benzene rings is 2. The van der Waals surface area contributed by atoms with Crippen LogP contribution in [0.1, 0.15) is 28.3 Å². The molecule has 4 rings (SSSR count). The van der Waals surface area contributed by atoms with Crippen molar-refractivity contribution >= 4 is 12.1 Å². The number of carbonyl (C=O) groups excluding carboxylic acids is 2. The number of methoxy groups -OCH3 is 1. The van der Waals surface area contributed by atoms with Crippen LogP contribution in [0.5, 0.6) is 5.88 Å². The molecule has 1 fully saturated rings. The van der Waals surface area contributed by atoms with Crippen LogP contribution in [0.15, 0.2) is 72.9 Å². The fraction of sp³-hybridized carbons (Fsp3) is 0.296. The highest BCUT2D eigenvalue weighted by Gasteiger charge is 2.27.